The number of alkyl carbamates (subject to hydrolysis) is 2. The van der Waals surface area contributed by atoms with Gasteiger partial charge in [0.15, 0.2) is 0 Å². The van der Waals surface area contributed by atoms with Crippen molar-refractivity contribution >= 4 is 24.1 Å². The highest BCUT2D eigenvalue weighted by Gasteiger charge is 2.62. The van der Waals surface area contributed by atoms with Crippen LogP contribution < -0.4 is 10.6 Å². The summed E-state index contributed by atoms with van der Waals surface area (Å²) in [7, 11) is 0. The molecule has 2 saturated carbocycles. The van der Waals surface area contributed by atoms with Crippen molar-refractivity contribution in [3.05, 3.63) is 25.3 Å². The Hall–Kier alpha value is -3.04. The van der Waals surface area contributed by atoms with E-state index in [1.54, 1.807) is 54.5 Å². The molecule has 0 spiro atoms. The maximum Gasteiger partial charge on any atom is 0.408 e. The van der Waals surface area contributed by atoms with Crippen molar-refractivity contribution < 1.29 is 38.5 Å². The number of aliphatic carboxylic acids is 1. The lowest BCUT2D eigenvalue weighted by Crippen LogP contribution is -2.47. The molecule has 0 aromatic rings. The van der Waals surface area contributed by atoms with E-state index in [0.717, 1.165) is 0 Å². The number of hydrogen-bond acceptors (Lipinski definition) is 7. The monoisotopic (exact) mass is 482 g/mol. The third kappa shape index (κ3) is 7.78. The molecule has 10 nitrogen and oxygen atoms in total. The van der Waals surface area contributed by atoms with Gasteiger partial charge in [-0.1, -0.05) is 12.2 Å². The minimum atomic E-state index is -1.22. The number of esters is 1. The summed E-state index contributed by atoms with van der Waals surface area (Å²) >= 11 is 0. The molecule has 2 aliphatic rings. The fourth-order valence-electron chi connectivity index (χ4n) is 3.25. The van der Waals surface area contributed by atoms with Crippen molar-refractivity contribution in [1.82, 2.24) is 10.6 Å². The summed E-state index contributed by atoms with van der Waals surface area (Å²) in [6.07, 6.45) is 2.73. The number of ether oxygens (including phenoxy) is 3. The van der Waals surface area contributed by atoms with E-state index in [2.05, 4.69) is 23.8 Å². The molecule has 0 unspecified atom stereocenters. The second-order valence-electron chi connectivity index (χ2n) is 10.3. The van der Waals surface area contributed by atoms with Gasteiger partial charge in [0, 0.05) is 11.8 Å². The summed E-state index contributed by atoms with van der Waals surface area (Å²) in [6, 6.07) is 0. The zero-order chi connectivity index (χ0) is 26.5. The van der Waals surface area contributed by atoms with Gasteiger partial charge in [-0.05, 0) is 61.3 Å². The molecule has 3 N–H and O–H groups in total. The van der Waals surface area contributed by atoms with Crippen molar-refractivity contribution in [2.24, 2.45) is 11.8 Å². The highest BCUT2D eigenvalue weighted by molar-refractivity contribution is 5.90. The van der Waals surface area contributed by atoms with Gasteiger partial charge in [0.2, 0.25) is 0 Å². The van der Waals surface area contributed by atoms with Crippen LogP contribution in [0.4, 0.5) is 9.59 Å². The molecule has 2 fully saturated rings. The van der Waals surface area contributed by atoms with Gasteiger partial charge >= 0.3 is 24.1 Å². The number of hydrogen-bond donors (Lipinski definition) is 3. The molecule has 2 amide bonds. The van der Waals surface area contributed by atoms with E-state index < -0.39 is 46.4 Å². The van der Waals surface area contributed by atoms with Crippen molar-refractivity contribution in [2.45, 2.75) is 83.6 Å². The third-order valence-corrected chi connectivity index (χ3v) is 5.07. The van der Waals surface area contributed by atoms with Crippen LogP contribution in [0, 0.1) is 11.8 Å². The first-order chi connectivity index (χ1) is 15.5. The molecule has 0 saturated heterocycles. The fourth-order valence-corrected chi connectivity index (χ4v) is 3.25. The molecule has 0 aromatic heterocycles. The van der Waals surface area contributed by atoms with Crippen LogP contribution in [0.2, 0.25) is 0 Å². The third-order valence-electron chi connectivity index (χ3n) is 5.07. The van der Waals surface area contributed by atoms with E-state index in [4.69, 9.17) is 19.3 Å². The predicted octanol–water partition coefficient (Wildman–Crippen LogP) is 3.56. The Morgan fingerprint density at radius 2 is 1.26 bits per heavy atom. The van der Waals surface area contributed by atoms with E-state index >= 15 is 0 Å². The average molecular weight is 483 g/mol. The first kappa shape index (κ1) is 29.0. The van der Waals surface area contributed by atoms with Crippen molar-refractivity contribution in [2.75, 3.05) is 6.61 Å². The summed E-state index contributed by atoms with van der Waals surface area (Å²) in [6.45, 7) is 19.6. The number of amides is 2. The summed E-state index contributed by atoms with van der Waals surface area (Å²) in [4.78, 5) is 46.1. The second-order valence-corrected chi connectivity index (χ2v) is 10.3. The molecule has 34 heavy (non-hydrogen) atoms. The number of nitrogens with one attached hydrogen (secondary N) is 2. The first-order valence-corrected chi connectivity index (χ1v) is 11.1. The quantitative estimate of drug-likeness (QED) is 0.284. The average Bonchev–Trinajstić information content (AvgIpc) is 3.54. The van der Waals surface area contributed by atoms with Crippen molar-refractivity contribution in [3.63, 3.8) is 0 Å². The maximum atomic E-state index is 11.9. The summed E-state index contributed by atoms with van der Waals surface area (Å²) in [5, 5.41) is 14.0. The Bertz CT molecular complexity index is 826. The van der Waals surface area contributed by atoms with Gasteiger partial charge in [0.05, 0.1) is 6.61 Å². The van der Waals surface area contributed by atoms with Crippen molar-refractivity contribution in [3.8, 4) is 0 Å². The van der Waals surface area contributed by atoms with Crippen LogP contribution in [-0.2, 0) is 23.8 Å². The molecule has 0 aliphatic heterocycles. The zero-order valence-electron chi connectivity index (χ0n) is 21.1. The van der Waals surface area contributed by atoms with Gasteiger partial charge in [-0.3, -0.25) is 0 Å². The molecule has 0 aromatic carbocycles. The van der Waals surface area contributed by atoms with Crippen LogP contribution in [0.5, 0.6) is 0 Å². The smallest absolute Gasteiger partial charge is 0.408 e. The molecule has 4 atom stereocenters. The Kier molecular flexibility index (Phi) is 8.94. The highest BCUT2D eigenvalue weighted by Crippen LogP contribution is 2.46. The molecule has 192 valence electrons. The lowest BCUT2D eigenvalue weighted by Gasteiger charge is -2.23. The van der Waals surface area contributed by atoms with E-state index in [1.807, 2.05) is 0 Å². The minimum Gasteiger partial charge on any atom is -0.479 e. The van der Waals surface area contributed by atoms with Crippen LogP contribution in [0.3, 0.4) is 0 Å². The van der Waals surface area contributed by atoms with E-state index in [0.29, 0.717) is 12.8 Å². The largest absolute Gasteiger partial charge is 0.479 e. The Balaban J connectivity index is 0.000000342. The first-order valence-electron chi connectivity index (χ1n) is 11.1. The lowest BCUT2D eigenvalue weighted by molar-refractivity contribution is -0.147. The van der Waals surface area contributed by atoms with E-state index in [1.165, 1.54) is 6.08 Å². The number of rotatable bonds is 7. The number of carbonyl (C=O) groups excluding carboxylic acids is 3. The molecule has 0 heterocycles. The van der Waals surface area contributed by atoms with Crippen LogP contribution >= 0.6 is 0 Å². The summed E-state index contributed by atoms with van der Waals surface area (Å²) < 4.78 is 15.1. The molecule has 0 bridgehead atoms. The van der Waals surface area contributed by atoms with Gasteiger partial charge in [0.25, 0.3) is 0 Å². The number of carboxylic acids is 1. The molecular formula is C24H38N2O8. The Morgan fingerprint density at radius 3 is 1.56 bits per heavy atom. The summed E-state index contributed by atoms with van der Waals surface area (Å²) in [5.74, 6) is -1.80. The Morgan fingerprint density at radius 1 is 0.882 bits per heavy atom. The standard InChI is InChI=1S/C13H21NO4.C11H17NO4/c1-6-9-8-13(9,10(15)17-7-2)14-11(16)18-12(3,4)5;1-5-7-6-11(7,8(13)14)12-9(15)16-10(2,3)4/h6,9H,1,7-8H2,2-5H3,(H,14,16);5,7H,1,6H2,2-4H3,(H,12,15)(H,13,14)/t9-,13-;7-,11-/m10/s1. The number of carbonyl (C=O) groups is 4. The molecule has 2 aliphatic carbocycles. The van der Waals surface area contributed by atoms with Gasteiger partial charge in [0.1, 0.15) is 22.3 Å². The zero-order valence-corrected chi connectivity index (χ0v) is 21.1. The maximum absolute atomic E-state index is 11.9. The second kappa shape index (κ2) is 10.5. The van der Waals surface area contributed by atoms with Gasteiger partial charge in [-0.2, -0.15) is 0 Å². The van der Waals surface area contributed by atoms with Crippen LogP contribution in [-0.4, -0.2) is 58.1 Å². The lowest BCUT2D eigenvalue weighted by atomic mass is 10.2. The normalized spacial score (nSPS) is 27.0. The molecular weight excluding hydrogens is 444 g/mol. The van der Waals surface area contributed by atoms with Crippen molar-refractivity contribution in [1.29, 1.82) is 0 Å². The Labute approximate surface area is 201 Å². The van der Waals surface area contributed by atoms with Gasteiger partial charge in [-0.15, -0.1) is 13.2 Å². The van der Waals surface area contributed by atoms with Crippen LogP contribution in [0.25, 0.3) is 0 Å². The van der Waals surface area contributed by atoms with Crippen LogP contribution in [0.1, 0.15) is 61.3 Å². The topological polar surface area (TPSA) is 140 Å². The minimum absolute atomic E-state index is 0.0935. The molecule has 2 rings (SSSR count). The fraction of sp³-hybridized carbons (Fsp3) is 0.667. The van der Waals surface area contributed by atoms with Crippen LogP contribution in [0.15, 0.2) is 25.3 Å². The molecule has 10 heteroatoms. The molecule has 0 radical (unpaired) electrons. The highest BCUT2D eigenvalue weighted by atomic mass is 16.6. The van der Waals surface area contributed by atoms with E-state index in [9.17, 15) is 19.2 Å². The SMILES string of the molecule is C=C[C@@H]1C[C@]1(NC(=O)OC(C)(C)C)C(=O)OCC.C=C[C@H]1C[C@@]1(NC(=O)OC(C)(C)C)C(=O)O. The van der Waals surface area contributed by atoms with Gasteiger partial charge < -0.3 is 30.0 Å². The summed E-state index contributed by atoms with van der Waals surface area (Å²) in [5.41, 5.74) is -3.44. The van der Waals surface area contributed by atoms with Gasteiger partial charge in [-0.25, -0.2) is 19.2 Å². The number of carboxylic acid groups (broad SMARTS) is 1. The predicted molar refractivity (Wildman–Crippen MR) is 125 cm³/mol. The van der Waals surface area contributed by atoms with E-state index in [-0.39, 0.29) is 18.4 Å².